The summed E-state index contributed by atoms with van der Waals surface area (Å²) in [5.74, 6) is 0.461. The molecule has 0 spiro atoms. The van der Waals surface area contributed by atoms with Crippen molar-refractivity contribution in [1.82, 2.24) is 9.97 Å². The van der Waals surface area contributed by atoms with Crippen molar-refractivity contribution in [3.63, 3.8) is 0 Å². The molecule has 0 fully saturated rings. The first-order valence-corrected chi connectivity index (χ1v) is 5.86. The predicted octanol–water partition coefficient (Wildman–Crippen LogP) is 2.42. The van der Waals surface area contributed by atoms with E-state index in [0.717, 1.165) is 12.8 Å². The van der Waals surface area contributed by atoms with E-state index in [1.807, 2.05) is 13.8 Å². The van der Waals surface area contributed by atoms with Crippen LogP contribution >= 0.6 is 0 Å². The highest BCUT2D eigenvalue weighted by Gasteiger charge is 2.26. The van der Waals surface area contributed by atoms with Gasteiger partial charge in [-0.1, -0.05) is 13.3 Å². The third-order valence-electron chi connectivity index (χ3n) is 2.57. The fraction of sp³-hybridized carbons (Fsp3) is 0.636. The van der Waals surface area contributed by atoms with E-state index in [9.17, 15) is 10.1 Å². The lowest BCUT2D eigenvalue weighted by atomic mass is 9.99. The second-order valence-corrected chi connectivity index (χ2v) is 4.69. The van der Waals surface area contributed by atoms with Crippen LogP contribution in [0.3, 0.4) is 0 Å². The molecule has 0 aliphatic heterocycles. The normalized spacial score (nSPS) is 11.1. The zero-order valence-electron chi connectivity index (χ0n) is 11.1. The first-order valence-electron chi connectivity index (χ1n) is 5.86. The van der Waals surface area contributed by atoms with E-state index in [4.69, 9.17) is 0 Å². The molecule has 2 N–H and O–H groups in total. The first kappa shape index (κ1) is 14.1. The molecular weight excluding hydrogens is 234 g/mol. The number of hydrogen-bond donors (Lipinski definition) is 2. The molecule has 0 aliphatic carbocycles. The average Bonchev–Trinajstić information content (AvgIpc) is 2.27. The molecule has 7 heteroatoms. The summed E-state index contributed by atoms with van der Waals surface area (Å²) < 4.78 is 0. The molecule has 0 radical (unpaired) electrons. The molecule has 0 aliphatic rings. The summed E-state index contributed by atoms with van der Waals surface area (Å²) in [6.07, 6.45) is 3.18. The molecular formula is C11H19N5O2. The van der Waals surface area contributed by atoms with Gasteiger partial charge in [-0.3, -0.25) is 10.1 Å². The zero-order chi connectivity index (χ0) is 13.8. The highest BCUT2D eigenvalue weighted by Crippen LogP contribution is 2.31. The molecule has 1 aromatic heterocycles. The zero-order valence-corrected chi connectivity index (χ0v) is 11.1. The number of nitro groups is 1. The predicted molar refractivity (Wildman–Crippen MR) is 70.8 cm³/mol. The lowest BCUT2D eigenvalue weighted by Crippen LogP contribution is -2.31. The van der Waals surface area contributed by atoms with Crippen LogP contribution in [-0.4, -0.2) is 27.5 Å². The van der Waals surface area contributed by atoms with E-state index >= 15 is 0 Å². The van der Waals surface area contributed by atoms with Crippen LogP contribution in [0.1, 0.15) is 33.6 Å². The second kappa shape index (κ2) is 5.61. The fourth-order valence-electron chi connectivity index (χ4n) is 1.83. The molecule has 0 saturated heterocycles. The minimum atomic E-state index is -0.476. The number of hydrogen-bond acceptors (Lipinski definition) is 6. The van der Waals surface area contributed by atoms with Gasteiger partial charge >= 0.3 is 5.69 Å². The fourth-order valence-corrected chi connectivity index (χ4v) is 1.83. The van der Waals surface area contributed by atoms with Gasteiger partial charge in [0.15, 0.2) is 0 Å². The van der Waals surface area contributed by atoms with E-state index in [2.05, 4.69) is 27.5 Å². The maximum Gasteiger partial charge on any atom is 0.353 e. The van der Waals surface area contributed by atoms with E-state index < -0.39 is 4.92 Å². The number of aromatic nitrogens is 2. The van der Waals surface area contributed by atoms with Gasteiger partial charge in [0.25, 0.3) is 0 Å². The summed E-state index contributed by atoms with van der Waals surface area (Å²) >= 11 is 0. The Labute approximate surface area is 106 Å². The summed E-state index contributed by atoms with van der Waals surface area (Å²) in [5, 5.41) is 16.9. The van der Waals surface area contributed by atoms with Crippen molar-refractivity contribution in [1.29, 1.82) is 0 Å². The summed E-state index contributed by atoms with van der Waals surface area (Å²) in [6, 6.07) is 0. The lowest BCUT2D eigenvalue weighted by Gasteiger charge is -2.26. The maximum absolute atomic E-state index is 11.1. The van der Waals surface area contributed by atoms with Gasteiger partial charge in [0.1, 0.15) is 6.33 Å². The molecule has 0 bridgehead atoms. The standard InChI is InChI=1S/C11H19N5O2/c1-5-6-11(2,3)15-10-8(16(17)18)9(12-4)13-7-14-10/h7H,5-6H2,1-4H3,(H2,12,13,14,15). The monoisotopic (exact) mass is 253 g/mol. The Morgan fingerprint density at radius 1 is 1.39 bits per heavy atom. The molecule has 0 unspecified atom stereocenters. The molecule has 18 heavy (non-hydrogen) atoms. The lowest BCUT2D eigenvalue weighted by molar-refractivity contribution is -0.383. The van der Waals surface area contributed by atoms with Gasteiger partial charge in [0.2, 0.25) is 11.6 Å². The highest BCUT2D eigenvalue weighted by molar-refractivity contribution is 5.69. The van der Waals surface area contributed by atoms with Gasteiger partial charge in [-0.25, -0.2) is 9.97 Å². The van der Waals surface area contributed by atoms with Crippen molar-refractivity contribution < 1.29 is 4.92 Å². The minimum Gasteiger partial charge on any atom is -0.367 e. The van der Waals surface area contributed by atoms with Gasteiger partial charge in [0, 0.05) is 12.6 Å². The van der Waals surface area contributed by atoms with E-state index in [1.165, 1.54) is 6.33 Å². The maximum atomic E-state index is 11.1. The smallest absolute Gasteiger partial charge is 0.353 e. The van der Waals surface area contributed by atoms with Crippen LogP contribution in [0, 0.1) is 10.1 Å². The van der Waals surface area contributed by atoms with Crippen molar-refractivity contribution in [3.8, 4) is 0 Å². The van der Waals surface area contributed by atoms with Crippen LogP contribution in [0.25, 0.3) is 0 Å². The molecule has 0 atom stereocenters. The third kappa shape index (κ3) is 3.28. The largest absolute Gasteiger partial charge is 0.367 e. The Bertz CT molecular complexity index is 433. The summed E-state index contributed by atoms with van der Waals surface area (Å²) in [4.78, 5) is 18.4. The van der Waals surface area contributed by atoms with Gasteiger partial charge in [-0.05, 0) is 20.3 Å². The van der Waals surface area contributed by atoms with Gasteiger partial charge in [-0.2, -0.15) is 0 Å². The Kier molecular flexibility index (Phi) is 4.41. The van der Waals surface area contributed by atoms with Crippen LogP contribution in [0.5, 0.6) is 0 Å². The molecule has 7 nitrogen and oxygen atoms in total. The van der Waals surface area contributed by atoms with Crippen molar-refractivity contribution in [2.24, 2.45) is 0 Å². The SMILES string of the molecule is CCCC(C)(C)Nc1ncnc(NC)c1[N+](=O)[O-]. The average molecular weight is 253 g/mol. The third-order valence-corrected chi connectivity index (χ3v) is 2.57. The van der Waals surface area contributed by atoms with Crippen LogP contribution in [0.4, 0.5) is 17.3 Å². The molecule has 0 aromatic carbocycles. The van der Waals surface area contributed by atoms with Crippen LogP contribution < -0.4 is 10.6 Å². The van der Waals surface area contributed by atoms with E-state index in [1.54, 1.807) is 7.05 Å². The second-order valence-electron chi connectivity index (χ2n) is 4.69. The molecule has 1 rings (SSSR count). The Morgan fingerprint density at radius 2 is 2.00 bits per heavy atom. The quantitative estimate of drug-likeness (QED) is 0.597. The van der Waals surface area contributed by atoms with Gasteiger partial charge in [0.05, 0.1) is 4.92 Å². The topological polar surface area (TPSA) is 93.0 Å². The van der Waals surface area contributed by atoms with Crippen molar-refractivity contribution in [2.45, 2.75) is 39.2 Å². The van der Waals surface area contributed by atoms with Gasteiger partial charge in [-0.15, -0.1) is 0 Å². The number of nitrogens with zero attached hydrogens (tertiary/aromatic N) is 3. The molecule has 0 amide bonds. The number of rotatable bonds is 6. The number of nitrogens with one attached hydrogen (secondary N) is 2. The summed E-state index contributed by atoms with van der Waals surface area (Å²) in [5.41, 5.74) is -0.372. The Morgan fingerprint density at radius 3 is 2.50 bits per heavy atom. The number of anilines is 2. The first-order chi connectivity index (χ1) is 8.41. The van der Waals surface area contributed by atoms with E-state index in [0.29, 0.717) is 0 Å². The van der Waals surface area contributed by atoms with Crippen LogP contribution in [-0.2, 0) is 0 Å². The van der Waals surface area contributed by atoms with Crippen molar-refractivity contribution >= 4 is 17.3 Å². The summed E-state index contributed by atoms with van der Waals surface area (Å²) in [6.45, 7) is 6.04. The van der Waals surface area contributed by atoms with Crippen LogP contribution in [0.2, 0.25) is 0 Å². The molecule has 1 heterocycles. The van der Waals surface area contributed by atoms with Gasteiger partial charge < -0.3 is 10.6 Å². The summed E-state index contributed by atoms with van der Waals surface area (Å²) in [7, 11) is 1.59. The Balaban J connectivity index is 3.12. The molecule has 1 aromatic rings. The van der Waals surface area contributed by atoms with Crippen molar-refractivity contribution in [2.75, 3.05) is 17.7 Å². The minimum absolute atomic E-state index is 0.121. The Hall–Kier alpha value is -1.92. The molecule has 100 valence electrons. The van der Waals surface area contributed by atoms with Crippen molar-refractivity contribution in [3.05, 3.63) is 16.4 Å². The highest BCUT2D eigenvalue weighted by atomic mass is 16.6. The van der Waals surface area contributed by atoms with E-state index in [-0.39, 0.29) is 22.9 Å². The van der Waals surface area contributed by atoms with Crippen LogP contribution in [0.15, 0.2) is 6.33 Å². The molecule has 0 saturated carbocycles.